The third-order valence-corrected chi connectivity index (χ3v) is 3.26. The van der Waals surface area contributed by atoms with E-state index >= 15 is 0 Å². The molecule has 1 unspecified atom stereocenters. The Morgan fingerprint density at radius 3 is 2.93 bits per heavy atom. The number of nitrogens with one attached hydrogen (secondary N) is 1. The number of aliphatic hydroxyl groups excluding tert-OH is 1. The van der Waals surface area contributed by atoms with E-state index in [0.717, 1.165) is 19.6 Å². The summed E-state index contributed by atoms with van der Waals surface area (Å²) in [7, 11) is 0. The number of hydrogen-bond donors (Lipinski definition) is 2. The Morgan fingerprint density at radius 1 is 1.33 bits per heavy atom. The highest BCUT2D eigenvalue weighted by molar-refractivity contribution is 4.74. The van der Waals surface area contributed by atoms with Crippen LogP contribution in [0.5, 0.6) is 0 Å². The lowest BCUT2D eigenvalue weighted by Gasteiger charge is -2.28. The van der Waals surface area contributed by atoms with Crippen LogP contribution in [0.2, 0.25) is 0 Å². The van der Waals surface area contributed by atoms with Crippen molar-refractivity contribution in [1.82, 2.24) is 10.2 Å². The van der Waals surface area contributed by atoms with E-state index in [4.69, 9.17) is 0 Å². The monoisotopic (exact) mass is 214 g/mol. The average molecular weight is 214 g/mol. The summed E-state index contributed by atoms with van der Waals surface area (Å²) in [5.41, 5.74) is 0. The fraction of sp³-hybridized carbons (Fsp3) is 1.00. The van der Waals surface area contributed by atoms with Gasteiger partial charge in [0.1, 0.15) is 0 Å². The molecule has 90 valence electrons. The summed E-state index contributed by atoms with van der Waals surface area (Å²) < 4.78 is 0. The Balaban J connectivity index is 2.22. The highest BCUT2D eigenvalue weighted by Crippen LogP contribution is 2.16. The SMILES string of the molecule is CCNCCCN1CCCCCC1CO. The molecule has 0 aliphatic carbocycles. The first-order valence-electron chi connectivity index (χ1n) is 6.44. The zero-order valence-electron chi connectivity index (χ0n) is 10.0. The molecule has 1 saturated heterocycles. The molecular weight excluding hydrogens is 188 g/mol. The van der Waals surface area contributed by atoms with Crippen molar-refractivity contribution in [2.75, 3.05) is 32.8 Å². The van der Waals surface area contributed by atoms with Crippen molar-refractivity contribution in [3.63, 3.8) is 0 Å². The quantitative estimate of drug-likeness (QED) is 0.653. The molecule has 0 bridgehead atoms. The zero-order chi connectivity index (χ0) is 10.9. The summed E-state index contributed by atoms with van der Waals surface area (Å²) in [6.45, 7) is 6.95. The number of rotatable bonds is 6. The molecule has 15 heavy (non-hydrogen) atoms. The van der Waals surface area contributed by atoms with Gasteiger partial charge in [-0.1, -0.05) is 19.8 Å². The smallest absolute Gasteiger partial charge is 0.0586 e. The molecule has 0 aromatic rings. The summed E-state index contributed by atoms with van der Waals surface area (Å²) in [4.78, 5) is 2.48. The zero-order valence-corrected chi connectivity index (χ0v) is 10.0. The predicted molar refractivity (Wildman–Crippen MR) is 64.1 cm³/mol. The van der Waals surface area contributed by atoms with E-state index in [1.165, 1.54) is 38.6 Å². The molecule has 3 heteroatoms. The normalized spacial score (nSPS) is 24.0. The molecule has 0 radical (unpaired) electrons. The maximum absolute atomic E-state index is 9.33. The van der Waals surface area contributed by atoms with Crippen molar-refractivity contribution in [2.24, 2.45) is 0 Å². The molecule has 1 atom stereocenters. The first-order chi connectivity index (χ1) is 7.38. The minimum Gasteiger partial charge on any atom is -0.395 e. The largest absolute Gasteiger partial charge is 0.395 e. The minimum absolute atomic E-state index is 0.335. The standard InChI is InChI=1S/C12H26N2O/c1-2-13-8-6-10-14-9-5-3-4-7-12(14)11-15/h12-13,15H,2-11H2,1H3. The van der Waals surface area contributed by atoms with E-state index in [9.17, 15) is 5.11 Å². The van der Waals surface area contributed by atoms with Crippen LogP contribution in [-0.4, -0.2) is 48.8 Å². The molecule has 2 N–H and O–H groups in total. The van der Waals surface area contributed by atoms with Crippen LogP contribution in [0.25, 0.3) is 0 Å². The number of nitrogens with zero attached hydrogens (tertiary/aromatic N) is 1. The van der Waals surface area contributed by atoms with E-state index < -0.39 is 0 Å². The van der Waals surface area contributed by atoms with E-state index in [1.54, 1.807) is 0 Å². The van der Waals surface area contributed by atoms with Crippen molar-refractivity contribution < 1.29 is 5.11 Å². The molecule has 1 fully saturated rings. The predicted octanol–water partition coefficient (Wildman–Crippen LogP) is 1.22. The van der Waals surface area contributed by atoms with Crippen molar-refractivity contribution in [3.8, 4) is 0 Å². The lowest BCUT2D eigenvalue weighted by Crippen LogP contribution is -2.39. The fourth-order valence-electron chi connectivity index (χ4n) is 2.32. The van der Waals surface area contributed by atoms with Gasteiger partial charge in [0.15, 0.2) is 0 Å². The Morgan fingerprint density at radius 2 is 2.20 bits per heavy atom. The van der Waals surface area contributed by atoms with Gasteiger partial charge in [0, 0.05) is 6.04 Å². The Kier molecular flexibility index (Phi) is 6.98. The van der Waals surface area contributed by atoms with E-state index in [1.807, 2.05) is 0 Å². The van der Waals surface area contributed by atoms with Gasteiger partial charge >= 0.3 is 0 Å². The maximum atomic E-state index is 9.33. The Hall–Kier alpha value is -0.120. The summed E-state index contributed by atoms with van der Waals surface area (Å²) in [5, 5.41) is 12.7. The van der Waals surface area contributed by atoms with Crippen molar-refractivity contribution in [2.45, 2.75) is 45.1 Å². The average Bonchev–Trinajstić information content (AvgIpc) is 2.49. The van der Waals surface area contributed by atoms with E-state index in [0.29, 0.717) is 12.6 Å². The van der Waals surface area contributed by atoms with Crippen LogP contribution in [0.3, 0.4) is 0 Å². The van der Waals surface area contributed by atoms with Crippen LogP contribution >= 0.6 is 0 Å². The number of aliphatic hydroxyl groups is 1. The second kappa shape index (κ2) is 8.08. The van der Waals surface area contributed by atoms with Gasteiger partial charge in [-0.05, 0) is 45.4 Å². The van der Waals surface area contributed by atoms with E-state index in [-0.39, 0.29) is 0 Å². The van der Waals surface area contributed by atoms with Gasteiger partial charge in [-0.25, -0.2) is 0 Å². The maximum Gasteiger partial charge on any atom is 0.0586 e. The molecule has 0 spiro atoms. The molecule has 0 aromatic heterocycles. The summed E-state index contributed by atoms with van der Waals surface area (Å²) in [6, 6.07) is 0.425. The molecule has 3 nitrogen and oxygen atoms in total. The number of likely N-dealkylation sites (tertiary alicyclic amines) is 1. The highest BCUT2D eigenvalue weighted by atomic mass is 16.3. The first-order valence-corrected chi connectivity index (χ1v) is 6.44. The third-order valence-electron chi connectivity index (χ3n) is 3.26. The van der Waals surface area contributed by atoms with Gasteiger partial charge in [0.25, 0.3) is 0 Å². The molecular formula is C12H26N2O. The van der Waals surface area contributed by atoms with Gasteiger partial charge in [0.2, 0.25) is 0 Å². The van der Waals surface area contributed by atoms with Crippen LogP contribution < -0.4 is 5.32 Å². The van der Waals surface area contributed by atoms with Gasteiger partial charge in [-0.3, -0.25) is 4.90 Å². The second-order valence-corrected chi connectivity index (χ2v) is 4.43. The lowest BCUT2D eigenvalue weighted by atomic mass is 10.1. The Labute approximate surface area is 93.9 Å². The molecule has 1 rings (SSSR count). The van der Waals surface area contributed by atoms with Crippen molar-refractivity contribution >= 4 is 0 Å². The van der Waals surface area contributed by atoms with E-state index in [2.05, 4.69) is 17.1 Å². The third kappa shape index (κ3) is 4.96. The van der Waals surface area contributed by atoms with Crippen LogP contribution in [0.15, 0.2) is 0 Å². The minimum atomic E-state index is 0.335. The van der Waals surface area contributed by atoms with Crippen molar-refractivity contribution in [1.29, 1.82) is 0 Å². The fourth-order valence-corrected chi connectivity index (χ4v) is 2.32. The molecule has 1 aliphatic heterocycles. The number of hydrogen-bond acceptors (Lipinski definition) is 3. The van der Waals surface area contributed by atoms with Crippen LogP contribution in [-0.2, 0) is 0 Å². The lowest BCUT2D eigenvalue weighted by molar-refractivity contribution is 0.123. The van der Waals surface area contributed by atoms with Crippen LogP contribution in [0.4, 0.5) is 0 Å². The van der Waals surface area contributed by atoms with Gasteiger partial charge in [0.05, 0.1) is 6.61 Å². The molecule has 0 amide bonds. The first kappa shape index (κ1) is 12.9. The van der Waals surface area contributed by atoms with Crippen LogP contribution in [0.1, 0.15) is 39.0 Å². The van der Waals surface area contributed by atoms with Gasteiger partial charge in [-0.2, -0.15) is 0 Å². The van der Waals surface area contributed by atoms with Crippen molar-refractivity contribution in [3.05, 3.63) is 0 Å². The van der Waals surface area contributed by atoms with Gasteiger partial charge in [-0.15, -0.1) is 0 Å². The molecule has 1 aliphatic rings. The summed E-state index contributed by atoms with van der Waals surface area (Å²) >= 11 is 0. The highest BCUT2D eigenvalue weighted by Gasteiger charge is 2.19. The second-order valence-electron chi connectivity index (χ2n) is 4.43. The summed E-state index contributed by atoms with van der Waals surface area (Å²) in [6.07, 6.45) is 6.30. The molecule has 0 saturated carbocycles. The van der Waals surface area contributed by atoms with Crippen LogP contribution in [0, 0.1) is 0 Å². The Bertz CT molecular complexity index is 153. The topological polar surface area (TPSA) is 35.5 Å². The molecule has 1 heterocycles. The molecule has 0 aromatic carbocycles. The van der Waals surface area contributed by atoms with Gasteiger partial charge < -0.3 is 10.4 Å². The summed E-state index contributed by atoms with van der Waals surface area (Å²) in [5.74, 6) is 0.